The van der Waals surface area contributed by atoms with Gasteiger partial charge in [0.2, 0.25) is 0 Å². The molecule has 0 radical (unpaired) electrons. The van der Waals surface area contributed by atoms with Crippen LogP contribution in [0.2, 0.25) is 0 Å². The molecule has 0 aliphatic rings. The third-order valence-electron chi connectivity index (χ3n) is 4.65. The van der Waals surface area contributed by atoms with E-state index in [-0.39, 0.29) is 11.9 Å². The monoisotopic (exact) mass is 351 g/mol. The molecule has 1 aromatic carbocycles. The number of rotatable bonds is 5. The van der Waals surface area contributed by atoms with Crippen LogP contribution in [0.3, 0.4) is 0 Å². The van der Waals surface area contributed by atoms with Crippen molar-refractivity contribution in [2.75, 3.05) is 0 Å². The average molecular weight is 351 g/mol. The second-order valence-electron chi connectivity index (χ2n) is 7.10. The predicted octanol–water partition coefficient (Wildman–Crippen LogP) is 4.52. The molecule has 5 heteroatoms. The summed E-state index contributed by atoms with van der Waals surface area (Å²) in [4.78, 5) is 12.9. The third kappa shape index (κ3) is 3.57. The third-order valence-corrected chi connectivity index (χ3v) is 4.65. The first-order valence-electron chi connectivity index (χ1n) is 8.89. The molecule has 5 nitrogen and oxygen atoms in total. The summed E-state index contributed by atoms with van der Waals surface area (Å²) in [5, 5.41) is 7.71. The number of furan rings is 1. The fraction of sp³-hybridized carbons (Fsp3) is 0.333. The zero-order chi connectivity index (χ0) is 18.8. The van der Waals surface area contributed by atoms with Crippen molar-refractivity contribution >= 4 is 5.91 Å². The molecule has 0 aliphatic heterocycles. The molecule has 3 rings (SSSR count). The molecule has 0 aliphatic carbocycles. The topological polar surface area (TPSA) is 60.1 Å². The molecule has 1 unspecified atom stereocenters. The van der Waals surface area contributed by atoms with Gasteiger partial charge in [0.05, 0.1) is 12.0 Å². The quantitative estimate of drug-likeness (QED) is 0.735. The lowest BCUT2D eigenvalue weighted by Gasteiger charge is -2.18. The molecule has 0 saturated heterocycles. The minimum Gasteiger partial charge on any atom is -0.463 e. The predicted molar refractivity (Wildman–Crippen MR) is 103 cm³/mol. The van der Waals surface area contributed by atoms with Crippen LogP contribution in [0.1, 0.15) is 42.4 Å². The van der Waals surface area contributed by atoms with E-state index in [4.69, 9.17) is 4.42 Å². The van der Waals surface area contributed by atoms with Gasteiger partial charge in [-0.3, -0.25) is 4.79 Å². The zero-order valence-electron chi connectivity index (χ0n) is 15.9. The van der Waals surface area contributed by atoms with Crippen LogP contribution in [0.5, 0.6) is 0 Å². The summed E-state index contributed by atoms with van der Waals surface area (Å²) in [6, 6.07) is 11.6. The van der Waals surface area contributed by atoms with Crippen LogP contribution in [-0.2, 0) is 0 Å². The van der Waals surface area contributed by atoms with Crippen LogP contribution in [0.15, 0.2) is 47.1 Å². The van der Waals surface area contributed by atoms with Gasteiger partial charge in [0.25, 0.3) is 5.91 Å². The van der Waals surface area contributed by atoms with Crippen LogP contribution in [0.25, 0.3) is 17.1 Å². The van der Waals surface area contributed by atoms with E-state index in [0.29, 0.717) is 23.1 Å². The number of nitrogens with one attached hydrogen (secondary N) is 1. The highest BCUT2D eigenvalue weighted by Gasteiger charge is 2.21. The van der Waals surface area contributed by atoms with Crippen molar-refractivity contribution in [2.45, 2.75) is 40.7 Å². The highest BCUT2D eigenvalue weighted by Crippen LogP contribution is 2.24. The van der Waals surface area contributed by atoms with Crippen molar-refractivity contribution in [1.82, 2.24) is 15.1 Å². The van der Waals surface area contributed by atoms with Gasteiger partial charge >= 0.3 is 0 Å². The number of carbonyl (C=O) groups is 1. The Morgan fingerprint density at radius 1 is 1.15 bits per heavy atom. The first kappa shape index (κ1) is 18.0. The maximum absolute atomic E-state index is 12.9. The van der Waals surface area contributed by atoms with Crippen molar-refractivity contribution in [3.63, 3.8) is 0 Å². The van der Waals surface area contributed by atoms with E-state index in [9.17, 15) is 4.79 Å². The van der Waals surface area contributed by atoms with Crippen molar-refractivity contribution in [2.24, 2.45) is 5.92 Å². The normalized spacial score (nSPS) is 12.4. The van der Waals surface area contributed by atoms with Gasteiger partial charge in [-0.25, -0.2) is 4.68 Å². The van der Waals surface area contributed by atoms with Crippen molar-refractivity contribution < 1.29 is 9.21 Å². The largest absolute Gasteiger partial charge is 0.463 e. The standard InChI is InChI=1S/C21H25N3O2/c1-13(2)16(5)22-21(25)19-12-17(20-7-6-10-26-20)23-24(19)18-9-8-14(3)11-15(18)4/h6-13,16H,1-5H3,(H,22,25). The van der Waals surface area contributed by atoms with Crippen LogP contribution in [0, 0.1) is 19.8 Å². The maximum atomic E-state index is 12.9. The summed E-state index contributed by atoms with van der Waals surface area (Å²) in [6.45, 7) is 10.2. The zero-order valence-corrected chi connectivity index (χ0v) is 15.9. The van der Waals surface area contributed by atoms with E-state index in [1.54, 1.807) is 17.0 Å². The second-order valence-corrected chi connectivity index (χ2v) is 7.10. The molecule has 0 spiro atoms. The molecule has 1 amide bonds. The molecule has 2 aromatic heterocycles. The van der Waals surface area contributed by atoms with Gasteiger partial charge in [-0.1, -0.05) is 31.5 Å². The molecule has 1 atom stereocenters. The molecule has 0 saturated carbocycles. The number of aromatic nitrogens is 2. The average Bonchev–Trinajstić information content (AvgIpc) is 3.24. The van der Waals surface area contributed by atoms with Crippen LogP contribution in [-0.4, -0.2) is 21.7 Å². The molecular weight excluding hydrogens is 326 g/mol. The van der Waals surface area contributed by atoms with Gasteiger partial charge in [0, 0.05) is 12.1 Å². The van der Waals surface area contributed by atoms with Gasteiger partial charge < -0.3 is 9.73 Å². The number of amides is 1. The first-order valence-corrected chi connectivity index (χ1v) is 8.89. The molecule has 3 aromatic rings. The minimum atomic E-state index is -0.142. The maximum Gasteiger partial charge on any atom is 0.270 e. The molecule has 0 bridgehead atoms. The molecule has 1 N–H and O–H groups in total. The van der Waals surface area contributed by atoms with Crippen LogP contribution >= 0.6 is 0 Å². The van der Waals surface area contributed by atoms with Crippen LogP contribution in [0.4, 0.5) is 0 Å². The lowest BCUT2D eigenvalue weighted by molar-refractivity contribution is 0.0922. The number of carbonyl (C=O) groups excluding carboxylic acids is 1. The van der Waals surface area contributed by atoms with E-state index in [1.165, 1.54) is 5.56 Å². The Morgan fingerprint density at radius 3 is 2.54 bits per heavy atom. The van der Waals surface area contributed by atoms with E-state index < -0.39 is 0 Å². The van der Waals surface area contributed by atoms with Gasteiger partial charge in [-0.15, -0.1) is 0 Å². The summed E-state index contributed by atoms with van der Waals surface area (Å²) in [7, 11) is 0. The van der Waals surface area contributed by atoms with Gasteiger partial charge in [0.1, 0.15) is 11.4 Å². The fourth-order valence-electron chi connectivity index (χ4n) is 2.76. The molecule has 136 valence electrons. The smallest absolute Gasteiger partial charge is 0.270 e. The number of aryl methyl sites for hydroxylation is 2. The summed E-state index contributed by atoms with van der Waals surface area (Å²) in [5.41, 5.74) is 4.25. The van der Waals surface area contributed by atoms with E-state index >= 15 is 0 Å². The summed E-state index contributed by atoms with van der Waals surface area (Å²) >= 11 is 0. The van der Waals surface area contributed by atoms with Gasteiger partial charge in [-0.2, -0.15) is 5.10 Å². The highest BCUT2D eigenvalue weighted by molar-refractivity contribution is 5.94. The molecule has 26 heavy (non-hydrogen) atoms. The van der Waals surface area contributed by atoms with E-state index in [0.717, 1.165) is 11.3 Å². The summed E-state index contributed by atoms with van der Waals surface area (Å²) in [5.74, 6) is 0.844. The first-order chi connectivity index (χ1) is 12.4. The van der Waals surface area contributed by atoms with E-state index in [2.05, 4.69) is 30.3 Å². The molecule has 2 heterocycles. The number of nitrogens with zero attached hydrogens (tertiary/aromatic N) is 2. The Balaban J connectivity index is 2.08. The Hall–Kier alpha value is -2.82. The number of hydrogen-bond acceptors (Lipinski definition) is 3. The molecular formula is C21H25N3O2. The summed E-state index contributed by atoms with van der Waals surface area (Å²) < 4.78 is 7.17. The highest BCUT2D eigenvalue weighted by atomic mass is 16.3. The van der Waals surface area contributed by atoms with Gasteiger partial charge in [-0.05, 0) is 50.5 Å². The molecule has 0 fully saturated rings. The second kappa shape index (κ2) is 7.20. The van der Waals surface area contributed by atoms with Crippen molar-refractivity contribution in [3.05, 3.63) is 59.5 Å². The lowest BCUT2D eigenvalue weighted by Crippen LogP contribution is -2.37. The number of benzene rings is 1. The Kier molecular flexibility index (Phi) is 4.98. The van der Waals surface area contributed by atoms with Crippen LogP contribution < -0.4 is 5.32 Å². The Morgan fingerprint density at radius 2 is 1.92 bits per heavy atom. The van der Waals surface area contributed by atoms with Crippen molar-refractivity contribution in [1.29, 1.82) is 0 Å². The SMILES string of the molecule is Cc1ccc(-n2nc(-c3ccco3)cc2C(=O)NC(C)C(C)C)c(C)c1. The fourth-order valence-corrected chi connectivity index (χ4v) is 2.76. The van der Waals surface area contributed by atoms with Gasteiger partial charge in [0.15, 0.2) is 5.76 Å². The summed E-state index contributed by atoms with van der Waals surface area (Å²) in [6.07, 6.45) is 1.60. The Labute approximate surface area is 154 Å². The van der Waals surface area contributed by atoms with E-state index in [1.807, 2.05) is 45.0 Å². The minimum absolute atomic E-state index is 0.0667. The number of hydrogen-bond donors (Lipinski definition) is 1. The Bertz CT molecular complexity index is 907. The van der Waals surface area contributed by atoms with Crippen molar-refractivity contribution in [3.8, 4) is 17.1 Å². The lowest BCUT2D eigenvalue weighted by atomic mass is 10.1.